The van der Waals surface area contributed by atoms with Gasteiger partial charge in [-0.05, 0) is 104 Å². The van der Waals surface area contributed by atoms with Crippen LogP contribution in [0.25, 0.3) is 33.4 Å². The van der Waals surface area contributed by atoms with Crippen molar-refractivity contribution in [1.29, 1.82) is 0 Å². The van der Waals surface area contributed by atoms with Crippen LogP contribution in [0.1, 0.15) is 80.6 Å². The van der Waals surface area contributed by atoms with E-state index in [4.69, 9.17) is 4.52 Å². The highest BCUT2D eigenvalue weighted by molar-refractivity contribution is 6.05. The molecule has 3 aliphatic rings. The van der Waals surface area contributed by atoms with Crippen LogP contribution in [0.3, 0.4) is 0 Å². The lowest BCUT2D eigenvalue weighted by Gasteiger charge is -2.40. The molecular weight excluding hydrogens is 814 g/mol. The van der Waals surface area contributed by atoms with Crippen LogP contribution in [0.4, 0.5) is 26.2 Å². The number of hydrogen-bond donors (Lipinski definition) is 3. The Hall–Kier alpha value is -6.68. The molecule has 0 spiro atoms. The van der Waals surface area contributed by atoms with Crippen molar-refractivity contribution in [2.75, 3.05) is 67.1 Å². The third-order valence-corrected chi connectivity index (χ3v) is 12.8. The summed E-state index contributed by atoms with van der Waals surface area (Å²) >= 11 is 0. The van der Waals surface area contributed by atoms with E-state index in [0.29, 0.717) is 52.6 Å². The number of fused-ring (bicyclic) bond motifs is 1. The molecule has 3 fully saturated rings. The molecule has 3 saturated heterocycles. The zero-order valence-corrected chi connectivity index (χ0v) is 36.9. The fourth-order valence-corrected chi connectivity index (χ4v) is 9.02. The van der Waals surface area contributed by atoms with E-state index in [1.165, 1.54) is 17.4 Å². The number of benzene rings is 3. The maximum atomic E-state index is 16.0. The van der Waals surface area contributed by atoms with Crippen molar-refractivity contribution >= 4 is 45.9 Å². The van der Waals surface area contributed by atoms with Crippen molar-refractivity contribution in [3.05, 3.63) is 102 Å². The average Bonchev–Trinajstić information content (AvgIpc) is 3.97. The van der Waals surface area contributed by atoms with E-state index < -0.39 is 23.2 Å². The van der Waals surface area contributed by atoms with Crippen LogP contribution in [-0.2, 0) is 10.2 Å². The van der Waals surface area contributed by atoms with Gasteiger partial charge in [0.15, 0.2) is 5.65 Å². The standard InChI is InChI=1S/C48H54FN11O4/c1-29-24-38(40(49)26-37(29)30(2)51-45(62)44-53-46(64-56-44)48(3,4)5)42-39-25-33(27-50-43(39)55-54-42)32-6-8-34(9-7-32)59-22-20-57(21-23-59)28-31-14-17-58(18-15-31)35-10-12-36(13-11-35)60-19-16-41(61)52-47(60)63/h6-13,24-27,30-31H,14-23,28H2,1-5H3,(H,51,62)(H,50,54,55)(H,52,61,63)/t30-/m1/s1. The van der Waals surface area contributed by atoms with Crippen LogP contribution in [0.5, 0.6) is 0 Å². The lowest BCUT2D eigenvalue weighted by Crippen LogP contribution is -2.49. The quantitative estimate of drug-likeness (QED) is 0.126. The first-order valence-electron chi connectivity index (χ1n) is 22.1. The summed E-state index contributed by atoms with van der Waals surface area (Å²) in [5.41, 5.74) is 7.49. The highest BCUT2D eigenvalue weighted by Gasteiger charge is 2.28. The first-order chi connectivity index (χ1) is 30.8. The van der Waals surface area contributed by atoms with Crippen molar-refractivity contribution in [3.8, 4) is 22.4 Å². The minimum absolute atomic E-state index is 0.0676. The van der Waals surface area contributed by atoms with Crippen LogP contribution in [-0.4, -0.2) is 100 Å². The number of carbonyl (C=O) groups is 3. The molecule has 15 nitrogen and oxygen atoms in total. The Morgan fingerprint density at radius 2 is 1.56 bits per heavy atom. The Labute approximate surface area is 371 Å². The van der Waals surface area contributed by atoms with E-state index in [-0.39, 0.29) is 17.8 Å². The molecular formula is C48H54FN11O4. The molecule has 3 aromatic heterocycles. The lowest BCUT2D eigenvalue weighted by atomic mass is 9.95. The van der Waals surface area contributed by atoms with Gasteiger partial charge in [-0.25, -0.2) is 14.2 Å². The molecule has 0 unspecified atom stereocenters. The number of nitrogens with one attached hydrogen (secondary N) is 3. The normalized spacial score (nSPS) is 17.2. The number of imide groups is 1. The Bertz CT molecular complexity index is 2670. The number of urea groups is 1. The van der Waals surface area contributed by atoms with Gasteiger partial charge in [0.25, 0.3) is 11.7 Å². The summed E-state index contributed by atoms with van der Waals surface area (Å²) in [6.45, 7) is 16.9. The first-order valence-corrected chi connectivity index (χ1v) is 22.1. The number of aromatic nitrogens is 5. The van der Waals surface area contributed by atoms with E-state index in [2.05, 4.69) is 87.1 Å². The number of H-pyrrole nitrogens is 1. The Morgan fingerprint density at radius 1 is 0.891 bits per heavy atom. The van der Waals surface area contributed by atoms with Gasteiger partial charge in [-0.2, -0.15) is 10.1 Å². The summed E-state index contributed by atoms with van der Waals surface area (Å²) in [6.07, 6.45) is 4.40. The second-order valence-corrected chi connectivity index (χ2v) is 18.3. The summed E-state index contributed by atoms with van der Waals surface area (Å²) < 4.78 is 21.2. The van der Waals surface area contributed by atoms with Crippen LogP contribution in [0, 0.1) is 18.7 Å². The van der Waals surface area contributed by atoms with Gasteiger partial charge in [-0.15, -0.1) is 0 Å². The maximum absolute atomic E-state index is 16.0. The highest BCUT2D eigenvalue weighted by atomic mass is 19.1. The van der Waals surface area contributed by atoms with E-state index in [0.717, 1.165) is 81.0 Å². The first kappa shape index (κ1) is 42.6. The molecule has 64 heavy (non-hydrogen) atoms. The number of piperidine rings is 1. The molecule has 6 aromatic rings. The Kier molecular flexibility index (Phi) is 11.6. The number of anilines is 3. The summed E-state index contributed by atoms with van der Waals surface area (Å²) in [6, 6.07) is 21.0. The number of halogens is 1. The summed E-state index contributed by atoms with van der Waals surface area (Å²) in [5, 5.41) is 17.2. The number of piperazine rings is 1. The third-order valence-electron chi connectivity index (χ3n) is 12.8. The van der Waals surface area contributed by atoms with Gasteiger partial charge in [-0.3, -0.25) is 29.8 Å². The second kappa shape index (κ2) is 17.5. The SMILES string of the molecule is Cc1cc(-c2[nH]nc3ncc(-c4ccc(N5CCN(CC6CCN(c7ccc(N8CCC(=O)NC8=O)cc7)CC6)CC5)cc4)cc23)c(F)cc1[C@@H](C)NC(=O)c1noc(C(C)(C)C)n1. The molecule has 0 saturated carbocycles. The van der Waals surface area contributed by atoms with Crippen LogP contribution < -0.4 is 25.3 Å². The minimum Gasteiger partial charge on any atom is -0.372 e. The molecule has 9 rings (SSSR count). The van der Waals surface area contributed by atoms with Crippen LogP contribution >= 0.6 is 0 Å². The van der Waals surface area contributed by atoms with E-state index in [9.17, 15) is 14.4 Å². The topological polar surface area (TPSA) is 169 Å². The fraction of sp³-hybridized carbons (Fsp3) is 0.396. The van der Waals surface area contributed by atoms with Crippen molar-refractivity contribution < 1.29 is 23.3 Å². The van der Waals surface area contributed by atoms with Gasteiger partial charge in [0.2, 0.25) is 11.8 Å². The summed E-state index contributed by atoms with van der Waals surface area (Å²) in [4.78, 5) is 54.7. The number of hydrogen-bond acceptors (Lipinski definition) is 11. The third kappa shape index (κ3) is 8.91. The number of rotatable bonds is 10. The van der Waals surface area contributed by atoms with Gasteiger partial charge in [0.1, 0.15) is 5.82 Å². The van der Waals surface area contributed by atoms with E-state index in [1.54, 1.807) is 24.1 Å². The number of carbonyl (C=O) groups excluding carboxylic acids is 3. The Balaban J connectivity index is 0.780. The zero-order chi connectivity index (χ0) is 44.7. The fourth-order valence-electron chi connectivity index (χ4n) is 9.02. The van der Waals surface area contributed by atoms with Crippen LogP contribution in [0.2, 0.25) is 0 Å². The molecule has 332 valence electrons. The largest absolute Gasteiger partial charge is 0.372 e. The van der Waals surface area contributed by atoms with Gasteiger partial charge >= 0.3 is 6.03 Å². The van der Waals surface area contributed by atoms with E-state index >= 15 is 4.39 Å². The number of amides is 4. The number of pyridine rings is 1. The van der Waals surface area contributed by atoms with Crippen LogP contribution in [0.15, 0.2) is 77.4 Å². The minimum atomic E-state index is -0.520. The molecule has 6 heterocycles. The lowest BCUT2D eigenvalue weighted by molar-refractivity contribution is -0.120. The summed E-state index contributed by atoms with van der Waals surface area (Å²) in [5.74, 6) is -0.224. The Morgan fingerprint density at radius 3 is 2.23 bits per heavy atom. The molecule has 0 aliphatic carbocycles. The number of aryl methyl sites for hydroxylation is 1. The molecule has 16 heteroatoms. The van der Waals surface area contributed by atoms with Crippen molar-refractivity contribution in [1.82, 2.24) is 40.9 Å². The molecule has 0 radical (unpaired) electrons. The summed E-state index contributed by atoms with van der Waals surface area (Å²) in [7, 11) is 0. The van der Waals surface area contributed by atoms with Gasteiger partial charge < -0.3 is 19.6 Å². The number of nitrogens with zero attached hydrogens (tertiary/aromatic N) is 8. The average molecular weight is 868 g/mol. The van der Waals surface area contributed by atoms with Crippen molar-refractivity contribution in [2.24, 2.45) is 5.92 Å². The van der Waals surface area contributed by atoms with Crippen molar-refractivity contribution in [2.45, 2.75) is 65.3 Å². The molecule has 3 aromatic carbocycles. The molecule has 3 N–H and O–H groups in total. The molecule has 1 atom stereocenters. The predicted molar refractivity (Wildman–Crippen MR) is 244 cm³/mol. The smallest absolute Gasteiger partial charge is 0.328 e. The molecule has 0 bridgehead atoms. The van der Waals surface area contributed by atoms with Gasteiger partial charge in [0.05, 0.1) is 11.7 Å². The van der Waals surface area contributed by atoms with Crippen molar-refractivity contribution in [3.63, 3.8) is 0 Å². The monoisotopic (exact) mass is 867 g/mol. The number of aromatic amines is 1. The highest BCUT2D eigenvalue weighted by Crippen LogP contribution is 2.35. The van der Waals surface area contributed by atoms with E-state index in [1.807, 2.05) is 45.9 Å². The van der Waals surface area contributed by atoms with Gasteiger partial charge in [-0.1, -0.05) is 38.1 Å². The molecule has 3 aliphatic heterocycles. The maximum Gasteiger partial charge on any atom is 0.328 e. The zero-order valence-electron chi connectivity index (χ0n) is 36.9. The second-order valence-electron chi connectivity index (χ2n) is 18.3. The molecule has 4 amide bonds. The van der Waals surface area contributed by atoms with Gasteiger partial charge in [0, 0.05) is 104 Å². The predicted octanol–water partition coefficient (Wildman–Crippen LogP) is 7.40.